The molecular formula is C18H35NO2. The SMILES string of the molecule is CCOC(=O)C1(NC(C)C)CCCCCCCCCCC1. The van der Waals surface area contributed by atoms with E-state index < -0.39 is 5.54 Å². The molecule has 0 saturated heterocycles. The van der Waals surface area contributed by atoms with Gasteiger partial charge in [0.2, 0.25) is 0 Å². The smallest absolute Gasteiger partial charge is 0.326 e. The van der Waals surface area contributed by atoms with E-state index in [4.69, 9.17) is 4.74 Å². The van der Waals surface area contributed by atoms with E-state index in [1.165, 1.54) is 44.9 Å². The summed E-state index contributed by atoms with van der Waals surface area (Å²) in [7, 11) is 0. The minimum Gasteiger partial charge on any atom is -0.465 e. The molecule has 1 aliphatic rings. The van der Waals surface area contributed by atoms with Gasteiger partial charge in [-0.25, -0.2) is 0 Å². The molecule has 1 rings (SSSR count). The summed E-state index contributed by atoms with van der Waals surface area (Å²) < 4.78 is 5.41. The normalized spacial score (nSPS) is 21.3. The number of carbonyl (C=O) groups excluding carboxylic acids is 1. The molecule has 1 fully saturated rings. The first-order chi connectivity index (χ1) is 10.1. The molecule has 0 aromatic carbocycles. The number of carbonyl (C=O) groups is 1. The van der Waals surface area contributed by atoms with Crippen LogP contribution in [0.4, 0.5) is 0 Å². The molecule has 0 aliphatic heterocycles. The van der Waals surface area contributed by atoms with Crippen molar-refractivity contribution in [2.24, 2.45) is 0 Å². The fraction of sp³-hybridized carbons (Fsp3) is 0.944. The summed E-state index contributed by atoms with van der Waals surface area (Å²) in [5.74, 6) is -0.0317. The van der Waals surface area contributed by atoms with E-state index in [9.17, 15) is 4.79 Å². The van der Waals surface area contributed by atoms with Crippen LogP contribution < -0.4 is 5.32 Å². The second kappa shape index (κ2) is 10.2. The molecule has 0 unspecified atom stereocenters. The summed E-state index contributed by atoms with van der Waals surface area (Å²) in [6.45, 7) is 6.62. The second-order valence-corrected chi connectivity index (χ2v) is 6.78. The molecule has 0 bridgehead atoms. The Morgan fingerprint density at radius 2 is 1.38 bits per heavy atom. The minimum atomic E-state index is -0.455. The number of esters is 1. The Bertz CT molecular complexity index is 277. The Hall–Kier alpha value is -0.570. The van der Waals surface area contributed by atoms with Crippen LogP contribution in [0.2, 0.25) is 0 Å². The van der Waals surface area contributed by atoms with Crippen LogP contribution in [0.15, 0.2) is 0 Å². The lowest BCUT2D eigenvalue weighted by Gasteiger charge is -2.35. The summed E-state index contributed by atoms with van der Waals surface area (Å²) in [6.07, 6.45) is 13.3. The molecule has 3 nitrogen and oxygen atoms in total. The van der Waals surface area contributed by atoms with Crippen LogP contribution >= 0.6 is 0 Å². The maximum Gasteiger partial charge on any atom is 0.326 e. The molecule has 21 heavy (non-hydrogen) atoms. The van der Waals surface area contributed by atoms with Gasteiger partial charge in [0, 0.05) is 6.04 Å². The highest BCUT2D eigenvalue weighted by Crippen LogP contribution is 2.27. The van der Waals surface area contributed by atoms with E-state index in [0.717, 1.165) is 25.7 Å². The number of nitrogens with one attached hydrogen (secondary N) is 1. The van der Waals surface area contributed by atoms with Crippen LogP contribution in [0.5, 0.6) is 0 Å². The maximum absolute atomic E-state index is 12.6. The van der Waals surface area contributed by atoms with E-state index in [2.05, 4.69) is 19.2 Å². The molecule has 0 aromatic heterocycles. The number of ether oxygens (including phenoxy) is 1. The standard InChI is InChI=1S/C18H35NO2/c1-4-21-17(20)18(19-16(2)3)14-12-10-8-6-5-7-9-11-13-15-18/h16,19H,4-15H2,1-3H3. The van der Waals surface area contributed by atoms with E-state index in [1.807, 2.05) is 6.92 Å². The molecule has 1 N–H and O–H groups in total. The quantitative estimate of drug-likeness (QED) is 0.771. The van der Waals surface area contributed by atoms with Gasteiger partial charge in [-0.3, -0.25) is 10.1 Å². The van der Waals surface area contributed by atoms with Crippen LogP contribution in [-0.2, 0) is 9.53 Å². The van der Waals surface area contributed by atoms with Gasteiger partial charge in [0.25, 0.3) is 0 Å². The molecule has 0 heterocycles. The molecular weight excluding hydrogens is 262 g/mol. The van der Waals surface area contributed by atoms with Gasteiger partial charge in [-0.05, 0) is 33.6 Å². The average Bonchev–Trinajstić information content (AvgIpc) is 2.41. The fourth-order valence-corrected chi connectivity index (χ4v) is 3.45. The van der Waals surface area contributed by atoms with Crippen molar-refractivity contribution < 1.29 is 9.53 Å². The van der Waals surface area contributed by atoms with Crippen molar-refractivity contribution in [3.63, 3.8) is 0 Å². The third kappa shape index (κ3) is 6.82. The fourth-order valence-electron chi connectivity index (χ4n) is 3.45. The summed E-state index contributed by atoms with van der Waals surface area (Å²) in [4.78, 5) is 12.6. The van der Waals surface area contributed by atoms with Crippen LogP contribution in [0.25, 0.3) is 0 Å². The zero-order valence-corrected chi connectivity index (χ0v) is 14.4. The van der Waals surface area contributed by atoms with Crippen molar-refractivity contribution in [1.29, 1.82) is 0 Å². The first kappa shape index (κ1) is 18.5. The predicted molar refractivity (Wildman–Crippen MR) is 88.4 cm³/mol. The second-order valence-electron chi connectivity index (χ2n) is 6.78. The van der Waals surface area contributed by atoms with Crippen molar-refractivity contribution in [1.82, 2.24) is 5.32 Å². The molecule has 124 valence electrons. The van der Waals surface area contributed by atoms with Gasteiger partial charge in [0.15, 0.2) is 0 Å². The third-order valence-corrected chi connectivity index (χ3v) is 4.44. The highest BCUT2D eigenvalue weighted by atomic mass is 16.5. The summed E-state index contributed by atoms with van der Waals surface area (Å²) in [5.41, 5.74) is -0.455. The zero-order valence-electron chi connectivity index (χ0n) is 14.4. The molecule has 0 spiro atoms. The van der Waals surface area contributed by atoms with Gasteiger partial charge in [-0.15, -0.1) is 0 Å². The van der Waals surface area contributed by atoms with Gasteiger partial charge in [0.05, 0.1) is 6.61 Å². The van der Waals surface area contributed by atoms with Crippen molar-refractivity contribution in [3.05, 3.63) is 0 Å². The molecule has 0 atom stereocenters. The Morgan fingerprint density at radius 1 is 0.952 bits per heavy atom. The first-order valence-electron chi connectivity index (χ1n) is 9.05. The topological polar surface area (TPSA) is 38.3 Å². The molecule has 1 saturated carbocycles. The van der Waals surface area contributed by atoms with Crippen LogP contribution in [0.3, 0.4) is 0 Å². The van der Waals surface area contributed by atoms with Gasteiger partial charge < -0.3 is 4.74 Å². The maximum atomic E-state index is 12.6. The van der Waals surface area contributed by atoms with Gasteiger partial charge in [-0.2, -0.15) is 0 Å². The minimum absolute atomic E-state index is 0.0317. The first-order valence-corrected chi connectivity index (χ1v) is 9.05. The molecule has 1 aliphatic carbocycles. The number of rotatable bonds is 4. The number of hydrogen-bond acceptors (Lipinski definition) is 3. The third-order valence-electron chi connectivity index (χ3n) is 4.44. The van der Waals surface area contributed by atoms with Gasteiger partial charge in [0.1, 0.15) is 5.54 Å². The highest BCUT2D eigenvalue weighted by molar-refractivity contribution is 5.80. The average molecular weight is 297 g/mol. The monoisotopic (exact) mass is 297 g/mol. The summed E-state index contributed by atoms with van der Waals surface area (Å²) >= 11 is 0. The molecule has 0 aromatic rings. The van der Waals surface area contributed by atoms with Gasteiger partial charge >= 0.3 is 5.97 Å². The van der Waals surface area contributed by atoms with Crippen LogP contribution in [0.1, 0.15) is 91.4 Å². The summed E-state index contributed by atoms with van der Waals surface area (Å²) in [5, 5.41) is 3.56. The Balaban J connectivity index is 2.76. The summed E-state index contributed by atoms with van der Waals surface area (Å²) in [6, 6.07) is 0.308. The van der Waals surface area contributed by atoms with E-state index in [1.54, 1.807) is 0 Å². The van der Waals surface area contributed by atoms with E-state index in [-0.39, 0.29) is 5.97 Å². The predicted octanol–water partition coefficient (Wildman–Crippen LogP) is 4.59. The molecule has 3 heteroatoms. The molecule has 0 amide bonds. The van der Waals surface area contributed by atoms with Gasteiger partial charge in [-0.1, -0.05) is 57.8 Å². The largest absolute Gasteiger partial charge is 0.465 e. The van der Waals surface area contributed by atoms with Crippen molar-refractivity contribution in [2.45, 2.75) is 103 Å². The Labute approximate surface area is 131 Å². The lowest BCUT2D eigenvalue weighted by molar-refractivity contribution is -0.152. The number of hydrogen-bond donors (Lipinski definition) is 1. The van der Waals surface area contributed by atoms with Crippen LogP contribution in [-0.4, -0.2) is 24.2 Å². The molecule has 0 radical (unpaired) electrons. The Kier molecular flexibility index (Phi) is 8.98. The van der Waals surface area contributed by atoms with E-state index >= 15 is 0 Å². The van der Waals surface area contributed by atoms with E-state index in [0.29, 0.717) is 12.6 Å². The Morgan fingerprint density at radius 3 is 1.76 bits per heavy atom. The zero-order chi connectivity index (χ0) is 15.6. The van der Waals surface area contributed by atoms with Crippen molar-refractivity contribution in [2.75, 3.05) is 6.61 Å². The van der Waals surface area contributed by atoms with Crippen molar-refractivity contribution in [3.8, 4) is 0 Å². The van der Waals surface area contributed by atoms with Crippen LogP contribution in [0, 0.1) is 0 Å². The lowest BCUT2D eigenvalue weighted by atomic mass is 9.85. The van der Waals surface area contributed by atoms with Crippen molar-refractivity contribution >= 4 is 5.97 Å². The highest BCUT2D eigenvalue weighted by Gasteiger charge is 2.39. The lowest BCUT2D eigenvalue weighted by Crippen LogP contribution is -2.55.